The number of carbonyl (C=O) groups is 1. The number of nitrogens with one attached hydrogen (secondary N) is 1. The highest BCUT2D eigenvalue weighted by molar-refractivity contribution is 5.89. The van der Waals surface area contributed by atoms with E-state index in [1.807, 2.05) is 42.2 Å². The number of piperazine rings is 1. The molecular weight excluding hydrogens is 352 g/mol. The Labute approximate surface area is 164 Å². The van der Waals surface area contributed by atoms with Crippen LogP contribution >= 0.6 is 0 Å². The van der Waals surface area contributed by atoms with Crippen LogP contribution in [-0.4, -0.2) is 58.5 Å². The van der Waals surface area contributed by atoms with E-state index in [0.29, 0.717) is 13.0 Å². The fourth-order valence-electron chi connectivity index (χ4n) is 3.48. The second-order valence-corrected chi connectivity index (χ2v) is 6.98. The summed E-state index contributed by atoms with van der Waals surface area (Å²) in [6.07, 6.45) is 3.80. The van der Waals surface area contributed by atoms with Crippen molar-refractivity contribution in [1.82, 2.24) is 19.9 Å². The number of pyridine rings is 1. The molecule has 1 aliphatic rings. The van der Waals surface area contributed by atoms with Crippen molar-refractivity contribution in [2.24, 2.45) is 0 Å². The Morgan fingerprint density at radius 2 is 1.93 bits per heavy atom. The largest absolute Gasteiger partial charge is 0.369 e. The molecule has 0 atom stereocenters. The summed E-state index contributed by atoms with van der Waals surface area (Å²) in [4.78, 5) is 29.7. The summed E-state index contributed by atoms with van der Waals surface area (Å²) < 4.78 is 0. The Bertz CT molecular complexity index is 954. The molecule has 7 nitrogen and oxygen atoms in total. The van der Waals surface area contributed by atoms with Crippen LogP contribution in [0.15, 0.2) is 48.9 Å². The zero-order chi connectivity index (χ0) is 19.3. The molecule has 0 aliphatic carbocycles. The molecule has 1 amide bonds. The first-order chi connectivity index (χ1) is 13.7. The molecule has 0 unspecified atom stereocenters. The number of anilines is 2. The molecule has 3 heterocycles. The molecule has 4 rings (SSSR count). The van der Waals surface area contributed by atoms with E-state index in [1.54, 1.807) is 12.5 Å². The molecule has 1 fully saturated rings. The average Bonchev–Trinajstić information content (AvgIpc) is 2.74. The Morgan fingerprint density at radius 3 is 2.71 bits per heavy atom. The predicted molar refractivity (Wildman–Crippen MR) is 110 cm³/mol. The van der Waals surface area contributed by atoms with Crippen LogP contribution in [0.3, 0.4) is 0 Å². The summed E-state index contributed by atoms with van der Waals surface area (Å²) in [6, 6.07) is 12.0. The van der Waals surface area contributed by atoms with E-state index < -0.39 is 0 Å². The molecule has 0 bridgehead atoms. The van der Waals surface area contributed by atoms with Crippen LogP contribution in [0.1, 0.15) is 12.0 Å². The third kappa shape index (κ3) is 4.03. The molecule has 3 aromatic rings. The van der Waals surface area contributed by atoms with E-state index in [4.69, 9.17) is 0 Å². The maximum Gasteiger partial charge on any atom is 0.224 e. The van der Waals surface area contributed by atoms with Gasteiger partial charge in [0.05, 0.1) is 5.52 Å². The number of aryl methyl sites for hydroxylation is 1. The molecule has 0 saturated carbocycles. The fraction of sp³-hybridized carbons (Fsp3) is 0.333. The van der Waals surface area contributed by atoms with Gasteiger partial charge in [-0.3, -0.25) is 4.79 Å². The smallest absolute Gasteiger partial charge is 0.224 e. The van der Waals surface area contributed by atoms with Crippen LogP contribution in [0.5, 0.6) is 0 Å². The number of amides is 1. The summed E-state index contributed by atoms with van der Waals surface area (Å²) in [5.41, 5.74) is 2.06. The second-order valence-electron chi connectivity index (χ2n) is 6.98. The number of aromatic nitrogens is 3. The van der Waals surface area contributed by atoms with Crippen molar-refractivity contribution in [2.45, 2.75) is 13.3 Å². The Kier molecular flexibility index (Phi) is 5.32. The second kappa shape index (κ2) is 8.21. The van der Waals surface area contributed by atoms with E-state index in [1.165, 1.54) is 0 Å². The average molecular weight is 376 g/mol. The fourth-order valence-corrected chi connectivity index (χ4v) is 3.48. The monoisotopic (exact) mass is 376 g/mol. The van der Waals surface area contributed by atoms with Crippen molar-refractivity contribution in [2.75, 3.05) is 42.9 Å². The summed E-state index contributed by atoms with van der Waals surface area (Å²) in [5.74, 6) is 1.92. The minimum absolute atomic E-state index is 0.169. The number of hydrogen-bond acceptors (Lipinski definition) is 6. The predicted octanol–water partition coefficient (Wildman–Crippen LogP) is 2.48. The third-order valence-electron chi connectivity index (χ3n) is 5.03. The van der Waals surface area contributed by atoms with E-state index in [2.05, 4.69) is 31.2 Å². The van der Waals surface area contributed by atoms with Crippen LogP contribution in [0.25, 0.3) is 10.9 Å². The molecule has 28 heavy (non-hydrogen) atoms. The van der Waals surface area contributed by atoms with Crippen LogP contribution < -0.4 is 10.2 Å². The standard InChI is InChI=1S/C21H24N6O/c1-16-5-6-18-17(14-16)21(25-15-24-18)23-9-7-20(28)27-12-10-26(11-13-27)19-4-2-3-8-22-19/h2-6,8,14-15H,7,9-13H2,1H3,(H,23,24,25). The number of hydrogen-bond donors (Lipinski definition) is 1. The van der Waals surface area contributed by atoms with Gasteiger partial charge in [-0.1, -0.05) is 17.7 Å². The summed E-state index contributed by atoms with van der Waals surface area (Å²) >= 11 is 0. The maximum absolute atomic E-state index is 12.6. The van der Waals surface area contributed by atoms with Crippen molar-refractivity contribution in [3.63, 3.8) is 0 Å². The van der Waals surface area contributed by atoms with Crippen molar-refractivity contribution in [3.05, 3.63) is 54.5 Å². The van der Waals surface area contributed by atoms with E-state index >= 15 is 0 Å². The molecular formula is C21H24N6O. The summed E-state index contributed by atoms with van der Waals surface area (Å²) in [7, 11) is 0. The number of nitrogens with zero attached hydrogens (tertiary/aromatic N) is 5. The quantitative estimate of drug-likeness (QED) is 0.737. The Hall–Kier alpha value is -3.22. The van der Waals surface area contributed by atoms with Crippen molar-refractivity contribution < 1.29 is 4.79 Å². The van der Waals surface area contributed by atoms with Gasteiger partial charge in [0.15, 0.2) is 0 Å². The first-order valence-corrected chi connectivity index (χ1v) is 9.60. The highest BCUT2D eigenvalue weighted by atomic mass is 16.2. The van der Waals surface area contributed by atoms with Crippen LogP contribution in [0.4, 0.5) is 11.6 Å². The van der Waals surface area contributed by atoms with Gasteiger partial charge in [0.1, 0.15) is 18.0 Å². The Morgan fingerprint density at radius 1 is 1.07 bits per heavy atom. The molecule has 2 aromatic heterocycles. The van der Waals surface area contributed by atoms with Crippen LogP contribution in [-0.2, 0) is 4.79 Å². The normalized spacial score (nSPS) is 14.3. The number of rotatable bonds is 5. The van der Waals surface area contributed by atoms with E-state index in [9.17, 15) is 4.79 Å². The lowest BCUT2D eigenvalue weighted by atomic mass is 10.1. The highest BCUT2D eigenvalue weighted by Crippen LogP contribution is 2.20. The first kappa shape index (κ1) is 18.2. The van der Waals surface area contributed by atoms with Gasteiger partial charge < -0.3 is 15.1 Å². The first-order valence-electron chi connectivity index (χ1n) is 9.60. The Balaban J connectivity index is 1.29. The van der Waals surface area contributed by atoms with Gasteiger partial charge in [-0.15, -0.1) is 0 Å². The van der Waals surface area contributed by atoms with Crippen molar-refractivity contribution >= 4 is 28.4 Å². The lowest BCUT2D eigenvalue weighted by Gasteiger charge is -2.35. The molecule has 144 valence electrons. The topological polar surface area (TPSA) is 74.2 Å². The van der Waals surface area contributed by atoms with Crippen LogP contribution in [0.2, 0.25) is 0 Å². The molecule has 1 aromatic carbocycles. The lowest BCUT2D eigenvalue weighted by molar-refractivity contribution is -0.131. The van der Waals surface area contributed by atoms with E-state index in [-0.39, 0.29) is 5.91 Å². The minimum atomic E-state index is 0.169. The van der Waals surface area contributed by atoms with Crippen molar-refractivity contribution in [3.8, 4) is 0 Å². The number of fused-ring (bicyclic) bond motifs is 1. The molecule has 7 heteroatoms. The number of benzene rings is 1. The summed E-state index contributed by atoms with van der Waals surface area (Å²) in [5, 5.41) is 4.29. The van der Waals surface area contributed by atoms with Crippen LogP contribution in [0, 0.1) is 6.92 Å². The van der Waals surface area contributed by atoms with Gasteiger partial charge in [0, 0.05) is 50.7 Å². The van der Waals surface area contributed by atoms with Gasteiger partial charge in [-0.25, -0.2) is 15.0 Å². The third-order valence-corrected chi connectivity index (χ3v) is 5.03. The zero-order valence-electron chi connectivity index (χ0n) is 16.0. The SMILES string of the molecule is Cc1ccc2ncnc(NCCC(=O)N3CCN(c4ccccn4)CC3)c2c1. The summed E-state index contributed by atoms with van der Waals surface area (Å²) in [6.45, 7) is 5.68. The van der Waals surface area contributed by atoms with Gasteiger partial charge in [0.25, 0.3) is 0 Å². The molecule has 1 aliphatic heterocycles. The molecule has 0 radical (unpaired) electrons. The minimum Gasteiger partial charge on any atom is -0.369 e. The van der Waals surface area contributed by atoms with Gasteiger partial charge in [0.2, 0.25) is 5.91 Å². The lowest BCUT2D eigenvalue weighted by Crippen LogP contribution is -2.49. The van der Waals surface area contributed by atoms with Gasteiger partial charge in [-0.05, 0) is 31.2 Å². The highest BCUT2D eigenvalue weighted by Gasteiger charge is 2.21. The molecule has 1 saturated heterocycles. The number of carbonyl (C=O) groups excluding carboxylic acids is 1. The van der Waals surface area contributed by atoms with Gasteiger partial charge in [-0.2, -0.15) is 0 Å². The van der Waals surface area contributed by atoms with Gasteiger partial charge >= 0.3 is 0 Å². The van der Waals surface area contributed by atoms with E-state index in [0.717, 1.165) is 54.3 Å². The molecule has 1 N–H and O–H groups in total. The van der Waals surface area contributed by atoms with Crippen molar-refractivity contribution in [1.29, 1.82) is 0 Å². The zero-order valence-corrected chi connectivity index (χ0v) is 16.0. The maximum atomic E-state index is 12.6. The molecule has 0 spiro atoms.